The van der Waals surface area contributed by atoms with Gasteiger partial charge in [-0.2, -0.15) is 0 Å². The van der Waals surface area contributed by atoms with Crippen LogP contribution in [0.2, 0.25) is 0 Å². The van der Waals surface area contributed by atoms with Crippen molar-refractivity contribution in [1.82, 2.24) is 14.6 Å². The topological polar surface area (TPSA) is 51.5 Å². The van der Waals surface area contributed by atoms with E-state index < -0.39 is 6.36 Å². The number of anilines is 1. The van der Waals surface area contributed by atoms with Crippen LogP contribution in [-0.2, 0) is 6.54 Å². The minimum Gasteiger partial charge on any atom is -0.406 e. The summed E-state index contributed by atoms with van der Waals surface area (Å²) in [7, 11) is 0. The molecule has 0 bridgehead atoms. The molecule has 0 aliphatic carbocycles. The molecule has 0 radical (unpaired) electrons. The summed E-state index contributed by atoms with van der Waals surface area (Å²) in [5.41, 5.74) is 1.13. The molecule has 5 nitrogen and oxygen atoms in total. The second-order valence-corrected chi connectivity index (χ2v) is 7.24. The quantitative estimate of drug-likeness (QED) is 0.514. The number of hydrogen-bond acceptors (Lipinski definition) is 6. The lowest BCUT2D eigenvalue weighted by Gasteiger charge is -2.09. The highest BCUT2D eigenvalue weighted by Crippen LogP contribution is 2.30. The first-order valence-corrected chi connectivity index (χ1v) is 9.14. The zero-order chi connectivity index (χ0) is 18.1. The number of rotatable bonds is 5. The van der Waals surface area contributed by atoms with Crippen LogP contribution in [0, 0.1) is 0 Å². The number of imidazole rings is 1. The van der Waals surface area contributed by atoms with E-state index in [2.05, 4.69) is 20.1 Å². The molecule has 0 amide bonds. The van der Waals surface area contributed by atoms with Gasteiger partial charge in [-0.05, 0) is 23.6 Å². The maximum atomic E-state index is 12.4. The van der Waals surface area contributed by atoms with Crippen LogP contribution in [0.5, 0.6) is 5.75 Å². The van der Waals surface area contributed by atoms with Crippen molar-refractivity contribution in [3.8, 4) is 17.0 Å². The van der Waals surface area contributed by atoms with E-state index in [1.807, 2.05) is 17.5 Å². The lowest BCUT2D eigenvalue weighted by atomic mass is 10.1. The summed E-state index contributed by atoms with van der Waals surface area (Å²) < 4.78 is 42.8. The number of thiophene rings is 1. The molecular weight excluding hydrogens is 385 g/mol. The molecule has 3 aromatic heterocycles. The number of fused-ring (bicyclic) bond motifs is 1. The molecule has 0 aliphatic heterocycles. The summed E-state index contributed by atoms with van der Waals surface area (Å²) in [6.45, 7) is 0.651. The Morgan fingerprint density at radius 3 is 2.85 bits per heavy atom. The molecule has 0 spiro atoms. The number of aromatic nitrogens is 3. The average Bonchev–Trinajstić information content (AvgIpc) is 3.28. The standard InChI is InChI=1S/C16H11F3N4OS2/c17-16(18,19)24-11-4-1-3-10(7-11)13-9-21-15-23(13)22-14(26-15)20-8-12-5-2-6-25-12/h1-7,9H,8H2,(H,20,22). The van der Waals surface area contributed by atoms with E-state index in [4.69, 9.17) is 0 Å². The number of halogens is 3. The highest BCUT2D eigenvalue weighted by Gasteiger charge is 2.31. The first kappa shape index (κ1) is 16.9. The van der Waals surface area contributed by atoms with Crippen molar-refractivity contribution in [2.24, 2.45) is 0 Å². The number of hydrogen-bond donors (Lipinski definition) is 1. The predicted molar refractivity (Wildman–Crippen MR) is 94.6 cm³/mol. The van der Waals surface area contributed by atoms with Gasteiger partial charge in [0, 0.05) is 10.4 Å². The largest absolute Gasteiger partial charge is 0.573 e. The van der Waals surface area contributed by atoms with Gasteiger partial charge in [0.15, 0.2) is 0 Å². The molecule has 4 rings (SSSR count). The first-order chi connectivity index (χ1) is 12.5. The minimum atomic E-state index is -4.73. The normalized spacial score (nSPS) is 11.8. The summed E-state index contributed by atoms with van der Waals surface area (Å²) in [5.74, 6) is -0.281. The van der Waals surface area contributed by atoms with Crippen LogP contribution < -0.4 is 10.1 Å². The molecule has 134 valence electrons. The van der Waals surface area contributed by atoms with Crippen molar-refractivity contribution in [3.05, 3.63) is 52.9 Å². The predicted octanol–water partition coefficient (Wildman–Crippen LogP) is 5.03. The molecule has 26 heavy (non-hydrogen) atoms. The van der Waals surface area contributed by atoms with E-state index in [9.17, 15) is 13.2 Å². The van der Waals surface area contributed by atoms with Crippen molar-refractivity contribution in [2.75, 3.05) is 5.32 Å². The Bertz CT molecular complexity index is 1020. The molecule has 0 aliphatic rings. The van der Waals surface area contributed by atoms with E-state index >= 15 is 0 Å². The van der Waals surface area contributed by atoms with Gasteiger partial charge in [-0.3, -0.25) is 0 Å². The van der Waals surface area contributed by atoms with E-state index in [1.54, 1.807) is 28.1 Å². The van der Waals surface area contributed by atoms with Gasteiger partial charge >= 0.3 is 6.36 Å². The summed E-state index contributed by atoms with van der Waals surface area (Å²) in [6.07, 6.45) is -3.15. The second-order valence-electron chi connectivity index (χ2n) is 5.25. The third-order valence-corrected chi connectivity index (χ3v) is 5.20. The fourth-order valence-corrected chi connectivity index (χ4v) is 3.80. The van der Waals surface area contributed by atoms with Crippen LogP contribution in [-0.4, -0.2) is 21.0 Å². The average molecular weight is 396 g/mol. The van der Waals surface area contributed by atoms with E-state index in [0.717, 1.165) is 0 Å². The third-order valence-electron chi connectivity index (χ3n) is 3.44. The summed E-state index contributed by atoms with van der Waals surface area (Å²) in [4.78, 5) is 6.11. The Labute approximate surface area is 153 Å². The Kier molecular flexibility index (Phi) is 4.29. The van der Waals surface area contributed by atoms with Gasteiger partial charge in [0.1, 0.15) is 5.75 Å². The minimum absolute atomic E-state index is 0.281. The Morgan fingerprint density at radius 1 is 1.19 bits per heavy atom. The summed E-state index contributed by atoms with van der Waals surface area (Å²) in [5, 5.41) is 10.4. The van der Waals surface area contributed by atoms with Gasteiger partial charge in [-0.25, -0.2) is 9.50 Å². The maximum absolute atomic E-state index is 12.4. The lowest BCUT2D eigenvalue weighted by Crippen LogP contribution is -2.17. The van der Waals surface area contributed by atoms with E-state index in [1.165, 1.54) is 34.4 Å². The zero-order valence-electron chi connectivity index (χ0n) is 13.0. The van der Waals surface area contributed by atoms with Gasteiger partial charge in [-0.15, -0.1) is 29.6 Å². The summed E-state index contributed by atoms with van der Waals surface area (Å²) in [6, 6.07) is 9.75. The van der Waals surface area contributed by atoms with Gasteiger partial charge in [0.2, 0.25) is 10.1 Å². The Morgan fingerprint density at radius 2 is 2.08 bits per heavy atom. The monoisotopic (exact) mass is 396 g/mol. The molecule has 1 aromatic carbocycles. The smallest absolute Gasteiger partial charge is 0.406 e. The number of benzene rings is 1. The molecule has 3 heterocycles. The number of alkyl halides is 3. The summed E-state index contributed by atoms with van der Waals surface area (Å²) >= 11 is 3.02. The van der Waals surface area contributed by atoms with Crippen LogP contribution >= 0.6 is 22.7 Å². The molecular formula is C16H11F3N4OS2. The molecule has 0 saturated heterocycles. The number of nitrogens with zero attached hydrogens (tertiary/aromatic N) is 3. The Hall–Kier alpha value is -2.59. The van der Waals surface area contributed by atoms with Gasteiger partial charge in [-0.1, -0.05) is 29.5 Å². The van der Waals surface area contributed by atoms with Gasteiger partial charge < -0.3 is 10.1 Å². The van der Waals surface area contributed by atoms with Crippen LogP contribution in [0.1, 0.15) is 4.88 Å². The number of nitrogens with one attached hydrogen (secondary N) is 1. The first-order valence-electron chi connectivity index (χ1n) is 7.45. The van der Waals surface area contributed by atoms with Crippen LogP contribution in [0.15, 0.2) is 48.0 Å². The Balaban J connectivity index is 1.60. The maximum Gasteiger partial charge on any atom is 0.573 e. The van der Waals surface area contributed by atoms with Gasteiger partial charge in [0.25, 0.3) is 0 Å². The molecule has 0 fully saturated rings. The van der Waals surface area contributed by atoms with Crippen LogP contribution in [0.4, 0.5) is 18.3 Å². The number of ether oxygens (including phenoxy) is 1. The third kappa shape index (κ3) is 3.65. The van der Waals surface area contributed by atoms with Gasteiger partial charge in [0.05, 0.1) is 18.4 Å². The molecule has 0 atom stereocenters. The molecule has 0 saturated carbocycles. The van der Waals surface area contributed by atoms with Crippen molar-refractivity contribution >= 4 is 32.8 Å². The van der Waals surface area contributed by atoms with Crippen molar-refractivity contribution in [1.29, 1.82) is 0 Å². The molecule has 0 unspecified atom stereocenters. The van der Waals surface area contributed by atoms with Crippen LogP contribution in [0.25, 0.3) is 16.2 Å². The molecule has 4 aromatic rings. The van der Waals surface area contributed by atoms with Crippen molar-refractivity contribution < 1.29 is 17.9 Å². The molecule has 10 heteroatoms. The zero-order valence-corrected chi connectivity index (χ0v) is 14.7. The van der Waals surface area contributed by atoms with Crippen molar-refractivity contribution in [3.63, 3.8) is 0 Å². The highest BCUT2D eigenvalue weighted by molar-refractivity contribution is 7.20. The van der Waals surface area contributed by atoms with Crippen LogP contribution in [0.3, 0.4) is 0 Å². The second kappa shape index (κ2) is 6.61. The fraction of sp³-hybridized carbons (Fsp3) is 0.125. The van der Waals surface area contributed by atoms with Crippen molar-refractivity contribution in [2.45, 2.75) is 12.9 Å². The van der Waals surface area contributed by atoms with E-state index in [0.29, 0.717) is 27.9 Å². The lowest BCUT2D eigenvalue weighted by molar-refractivity contribution is -0.274. The SMILES string of the molecule is FC(F)(F)Oc1cccc(-c2cnc3sc(NCc4cccs4)nn23)c1. The fourth-order valence-electron chi connectivity index (χ4n) is 2.39. The highest BCUT2D eigenvalue weighted by atomic mass is 32.1. The molecule has 1 N–H and O–H groups in total. The van der Waals surface area contributed by atoms with E-state index in [-0.39, 0.29) is 5.75 Å².